The Morgan fingerprint density at radius 2 is 1.56 bits per heavy atom. The maximum Gasteiger partial charge on any atom is 0.0556 e. The summed E-state index contributed by atoms with van der Waals surface area (Å²) in [6, 6.07) is 0.805. The van der Waals surface area contributed by atoms with Gasteiger partial charge in [0, 0.05) is 12.6 Å². The van der Waals surface area contributed by atoms with Gasteiger partial charge in [0.15, 0.2) is 0 Å². The number of hydrogen-bond donors (Lipinski definition) is 2. The van der Waals surface area contributed by atoms with Crippen molar-refractivity contribution in [1.29, 1.82) is 0 Å². The van der Waals surface area contributed by atoms with E-state index in [2.05, 4.69) is 5.32 Å². The summed E-state index contributed by atoms with van der Waals surface area (Å²) in [5.41, 5.74) is 0. The smallest absolute Gasteiger partial charge is 0.0556 e. The predicted octanol–water partition coefficient (Wildman–Crippen LogP) is 1.14. The second-order valence-electron chi connectivity index (χ2n) is 6.64. The molecule has 0 saturated heterocycles. The Bertz CT molecular complexity index is 330. The van der Waals surface area contributed by atoms with Crippen LogP contribution in [0.1, 0.15) is 12.8 Å². The number of aliphatic hydroxyl groups is 1. The zero-order valence-electron chi connectivity index (χ0n) is 9.38. The van der Waals surface area contributed by atoms with Crippen LogP contribution in [0.2, 0.25) is 0 Å². The van der Waals surface area contributed by atoms with Crippen LogP contribution in [0.5, 0.6) is 0 Å². The average Bonchev–Trinajstić information content (AvgIpc) is 2.73. The third-order valence-electron chi connectivity index (χ3n) is 6.82. The Morgan fingerprint density at radius 3 is 2.31 bits per heavy atom. The number of fused-ring (bicyclic) bond motifs is 2. The van der Waals surface area contributed by atoms with Crippen LogP contribution in [0.15, 0.2) is 0 Å². The third-order valence-corrected chi connectivity index (χ3v) is 6.82. The predicted molar refractivity (Wildman–Crippen MR) is 63.3 cm³/mol. The Balaban J connectivity index is 0.000000722. The molecule has 2 bridgehead atoms. The lowest BCUT2D eigenvalue weighted by atomic mass is 9.59. The highest BCUT2D eigenvalue weighted by Crippen LogP contribution is 2.82. The highest BCUT2D eigenvalue weighted by molar-refractivity contribution is 5.85. The van der Waals surface area contributed by atoms with Gasteiger partial charge in [0.25, 0.3) is 0 Å². The maximum absolute atomic E-state index is 8.96. The molecule has 2 nitrogen and oxygen atoms in total. The van der Waals surface area contributed by atoms with Gasteiger partial charge in [0.1, 0.15) is 0 Å². The van der Waals surface area contributed by atoms with Crippen molar-refractivity contribution in [3.63, 3.8) is 0 Å². The fourth-order valence-electron chi connectivity index (χ4n) is 6.98. The van der Waals surface area contributed by atoms with Crippen molar-refractivity contribution in [2.75, 3.05) is 13.2 Å². The van der Waals surface area contributed by atoms with Crippen LogP contribution in [0.25, 0.3) is 0 Å². The van der Waals surface area contributed by atoms with Crippen LogP contribution in [-0.2, 0) is 0 Å². The zero-order valence-corrected chi connectivity index (χ0v) is 10.2. The monoisotopic (exact) mass is 241 g/mol. The van der Waals surface area contributed by atoms with Crippen molar-refractivity contribution >= 4 is 12.4 Å². The molecule has 16 heavy (non-hydrogen) atoms. The fourth-order valence-corrected chi connectivity index (χ4v) is 6.98. The van der Waals surface area contributed by atoms with Gasteiger partial charge in [-0.1, -0.05) is 0 Å². The molecule has 3 heteroatoms. The van der Waals surface area contributed by atoms with Gasteiger partial charge in [-0.25, -0.2) is 0 Å². The Kier molecular flexibility index (Phi) is 1.88. The first kappa shape index (κ1) is 10.2. The molecule has 2 N–H and O–H groups in total. The first-order chi connectivity index (χ1) is 7.42. The number of nitrogens with one attached hydrogen (secondary N) is 1. The summed E-state index contributed by atoms with van der Waals surface area (Å²) in [5.74, 6) is 8.78. The van der Waals surface area contributed by atoms with E-state index in [1.807, 2.05) is 0 Å². The molecule has 90 valence electrons. The molecule has 9 unspecified atom stereocenters. The Hall–Kier alpha value is 0.210. The van der Waals surface area contributed by atoms with E-state index < -0.39 is 0 Å². The second-order valence-corrected chi connectivity index (χ2v) is 6.64. The van der Waals surface area contributed by atoms with Crippen LogP contribution >= 0.6 is 12.4 Å². The molecule has 9 atom stereocenters. The first-order valence-corrected chi connectivity index (χ1v) is 6.76. The van der Waals surface area contributed by atoms with Gasteiger partial charge >= 0.3 is 0 Å². The molecule has 0 spiro atoms. The van der Waals surface area contributed by atoms with E-state index >= 15 is 0 Å². The van der Waals surface area contributed by atoms with E-state index in [0.29, 0.717) is 6.61 Å². The lowest BCUT2D eigenvalue weighted by molar-refractivity contribution is 0.00909. The summed E-state index contributed by atoms with van der Waals surface area (Å²) in [7, 11) is 0. The van der Waals surface area contributed by atoms with Gasteiger partial charge in [-0.3, -0.25) is 0 Å². The normalized spacial score (nSPS) is 66.2. The van der Waals surface area contributed by atoms with E-state index in [4.69, 9.17) is 5.11 Å². The lowest BCUT2D eigenvalue weighted by Crippen LogP contribution is -2.51. The number of halogens is 1. The van der Waals surface area contributed by atoms with Crippen molar-refractivity contribution in [1.82, 2.24) is 5.32 Å². The average molecular weight is 242 g/mol. The Labute approximate surface area is 103 Å². The molecule has 5 fully saturated rings. The van der Waals surface area contributed by atoms with Gasteiger partial charge in [0.2, 0.25) is 0 Å². The van der Waals surface area contributed by atoms with Gasteiger partial charge in [-0.15, -0.1) is 12.4 Å². The summed E-state index contributed by atoms with van der Waals surface area (Å²) in [6.45, 7) is 1.14. The highest BCUT2D eigenvalue weighted by atomic mass is 35.5. The summed E-state index contributed by atoms with van der Waals surface area (Å²) < 4.78 is 0. The largest absolute Gasteiger partial charge is 0.395 e. The number of rotatable bonds is 3. The quantitative estimate of drug-likeness (QED) is 0.777. The molecule has 0 amide bonds. The lowest BCUT2D eigenvalue weighted by Gasteiger charge is -2.48. The zero-order chi connectivity index (χ0) is 9.73. The minimum Gasteiger partial charge on any atom is -0.395 e. The summed E-state index contributed by atoms with van der Waals surface area (Å²) in [4.78, 5) is 0. The molecule has 5 rings (SSSR count). The molecule has 0 heterocycles. The topological polar surface area (TPSA) is 32.3 Å². The fraction of sp³-hybridized carbons (Fsp3) is 1.00. The second kappa shape index (κ2) is 2.96. The SMILES string of the molecule is Cl.OCCNC1C2C3CC4C5C3CC2C5C41. The van der Waals surface area contributed by atoms with Crippen molar-refractivity contribution in [3.8, 4) is 0 Å². The molecule has 0 aromatic rings. The molecular formula is C13H20ClNO. The van der Waals surface area contributed by atoms with E-state index in [-0.39, 0.29) is 12.4 Å². The van der Waals surface area contributed by atoms with Crippen LogP contribution in [0.3, 0.4) is 0 Å². The molecule has 5 aliphatic rings. The minimum absolute atomic E-state index is 0. The minimum atomic E-state index is 0. The summed E-state index contributed by atoms with van der Waals surface area (Å²) in [6.07, 6.45) is 3.16. The first-order valence-electron chi connectivity index (χ1n) is 6.76. The molecule has 0 aromatic carbocycles. The van der Waals surface area contributed by atoms with Gasteiger partial charge in [-0.05, 0) is 60.2 Å². The molecule has 5 saturated carbocycles. The third kappa shape index (κ3) is 0.785. The molecule has 5 aliphatic carbocycles. The van der Waals surface area contributed by atoms with Crippen LogP contribution in [0, 0.1) is 47.3 Å². The van der Waals surface area contributed by atoms with E-state index in [1.54, 1.807) is 12.8 Å². The van der Waals surface area contributed by atoms with Crippen molar-refractivity contribution < 1.29 is 5.11 Å². The summed E-state index contributed by atoms with van der Waals surface area (Å²) >= 11 is 0. The van der Waals surface area contributed by atoms with E-state index in [9.17, 15) is 0 Å². The van der Waals surface area contributed by atoms with Crippen molar-refractivity contribution in [2.45, 2.75) is 18.9 Å². The molecule has 0 aromatic heterocycles. The van der Waals surface area contributed by atoms with Gasteiger partial charge in [-0.2, -0.15) is 0 Å². The Morgan fingerprint density at radius 1 is 0.875 bits per heavy atom. The standard InChI is InChI=1S/C13H19NO.ClH/c15-2-1-14-13-10-6-4-7-9-5(6)3-8(10)11(9)12(7)13;/h5-15H,1-4H2;1H. The van der Waals surface area contributed by atoms with Crippen molar-refractivity contribution in [2.24, 2.45) is 47.3 Å². The van der Waals surface area contributed by atoms with Crippen LogP contribution in [0.4, 0.5) is 0 Å². The van der Waals surface area contributed by atoms with Crippen LogP contribution in [-0.4, -0.2) is 24.3 Å². The highest BCUT2D eigenvalue weighted by Gasteiger charge is 2.80. The van der Waals surface area contributed by atoms with Gasteiger partial charge < -0.3 is 10.4 Å². The van der Waals surface area contributed by atoms with Crippen molar-refractivity contribution in [3.05, 3.63) is 0 Å². The van der Waals surface area contributed by atoms with Gasteiger partial charge in [0.05, 0.1) is 6.61 Å². The van der Waals surface area contributed by atoms with E-state index in [1.165, 1.54) is 5.92 Å². The van der Waals surface area contributed by atoms with E-state index in [0.717, 1.165) is 54.0 Å². The molecule has 0 aliphatic heterocycles. The molecule has 0 radical (unpaired) electrons. The number of hydrogen-bond acceptors (Lipinski definition) is 2. The maximum atomic E-state index is 8.96. The van der Waals surface area contributed by atoms with Crippen LogP contribution < -0.4 is 5.32 Å². The summed E-state index contributed by atoms with van der Waals surface area (Å²) in [5, 5.41) is 12.6. The number of aliphatic hydroxyl groups excluding tert-OH is 1. The molecular weight excluding hydrogens is 222 g/mol.